The zero-order valence-electron chi connectivity index (χ0n) is 5.35. The highest BCUT2D eigenvalue weighted by atomic mass is 32.2. The van der Waals surface area contributed by atoms with Gasteiger partial charge in [-0.15, -0.1) is 0 Å². The van der Waals surface area contributed by atoms with Gasteiger partial charge in [-0.3, -0.25) is 0 Å². The first-order valence-corrected chi connectivity index (χ1v) is 3.86. The highest BCUT2D eigenvalue weighted by Gasteiger charge is 2.13. The van der Waals surface area contributed by atoms with E-state index in [9.17, 15) is 0 Å². The molecular formula is C6H11NS. The minimum absolute atomic E-state index is 0.787. The summed E-state index contributed by atoms with van der Waals surface area (Å²) in [5.74, 6) is 0. The minimum atomic E-state index is 0.787. The molecule has 1 aliphatic heterocycles. The van der Waals surface area contributed by atoms with Crippen LogP contribution in [0.1, 0.15) is 26.7 Å². The van der Waals surface area contributed by atoms with E-state index in [1.54, 1.807) is 11.9 Å². The second kappa shape index (κ2) is 2.53. The molecule has 0 saturated heterocycles. The van der Waals surface area contributed by atoms with Gasteiger partial charge in [0.15, 0.2) is 0 Å². The SMILES string of the molecule is CCC1CC(C)=NS1. The second-order valence-electron chi connectivity index (χ2n) is 2.17. The summed E-state index contributed by atoms with van der Waals surface area (Å²) in [6.45, 7) is 4.31. The fourth-order valence-electron chi connectivity index (χ4n) is 0.787. The molecule has 0 aromatic rings. The van der Waals surface area contributed by atoms with Crippen molar-refractivity contribution in [1.82, 2.24) is 0 Å². The summed E-state index contributed by atoms with van der Waals surface area (Å²) in [6.07, 6.45) is 2.46. The summed E-state index contributed by atoms with van der Waals surface area (Å²) in [5, 5.41) is 0.787. The lowest BCUT2D eigenvalue weighted by Gasteiger charge is -1.98. The van der Waals surface area contributed by atoms with E-state index in [-0.39, 0.29) is 0 Å². The van der Waals surface area contributed by atoms with Gasteiger partial charge in [0.1, 0.15) is 0 Å². The molecule has 2 heteroatoms. The van der Waals surface area contributed by atoms with Crippen molar-refractivity contribution in [2.45, 2.75) is 31.9 Å². The summed E-state index contributed by atoms with van der Waals surface area (Å²) in [7, 11) is 0. The van der Waals surface area contributed by atoms with Crippen LogP contribution in [0.3, 0.4) is 0 Å². The normalized spacial score (nSPS) is 28.2. The first-order valence-electron chi connectivity index (χ1n) is 3.02. The topological polar surface area (TPSA) is 12.4 Å². The molecule has 46 valence electrons. The Morgan fingerprint density at radius 2 is 2.62 bits per heavy atom. The van der Waals surface area contributed by atoms with E-state index in [0.717, 1.165) is 5.25 Å². The van der Waals surface area contributed by atoms with Crippen LogP contribution in [0.5, 0.6) is 0 Å². The summed E-state index contributed by atoms with van der Waals surface area (Å²) in [6, 6.07) is 0. The molecule has 8 heavy (non-hydrogen) atoms. The molecule has 1 aliphatic rings. The molecule has 0 amide bonds. The highest BCUT2D eigenvalue weighted by Crippen LogP contribution is 2.26. The number of hydrogen-bond acceptors (Lipinski definition) is 2. The smallest absolute Gasteiger partial charge is 0.0316 e. The van der Waals surface area contributed by atoms with Crippen LogP contribution < -0.4 is 0 Å². The van der Waals surface area contributed by atoms with Gasteiger partial charge >= 0.3 is 0 Å². The van der Waals surface area contributed by atoms with Crippen molar-refractivity contribution in [3.05, 3.63) is 0 Å². The Kier molecular flexibility index (Phi) is 1.95. The largest absolute Gasteiger partial charge is 0.226 e. The van der Waals surface area contributed by atoms with Crippen molar-refractivity contribution in [2.24, 2.45) is 4.40 Å². The zero-order valence-corrected chi connectivity index (χ0v) is 6.16. The van der Waals surface area contributed by atoms with Crippen LogP contribution in [-0.4, -0.2) is 11.0 Å². The van der Waals surface area contributed by atoms with Crippen LogP contribution in [0, 0.1) is 0 Å². The third-order valence-electron chi connectivity index (χ3n) is 1.34. The number of hydrogen-bond donors (Lipinski definition) is 0. The summed E-state index contributed by atoms with van der Waals surface area (Å²) in [5.41, 5.74) is 1.31. The molecular weight excluding hydrogens is 118 g/mol. The first-order chi connectivity index (χ1) is 3.83. The van der Waals surface area contributed by atoms with Crippen molar-refractivity contribution in [3.8, 4) is 0 Å². The Hall–Kier alpha value is 0.0200. The molecule has 0 aromatic carbocycles. The molecule has 1 nitrogen and oxygen atoms in total. The quantitative estimate of drug-likeness (QED) is 0.495. The Bertz CT molecular complexity index is 109. The predicted molar refractivity (Wildman–Crippen MR) is 39.4 cm³/mol. The van der Waals surface area contributed by atoms with E-state index in [2.05, 4.69) is 18.2 Å². The van der Waals surface area contributed by atoms with Crippen molar-refractivity contribution in [1.29, 1.82) is 0 Å². The van der Waals surface area contributed by atoms with Gasteiger partial charge in [0.2, 0.25) is 0 Å². The highest BCUT2D eigenvalue weighted by molar-refractivity contribution is 7.99. The van der Waals surface area contributed by atoms with Gasteiger partial charge in [-0.2, -0.15) is 0 Å². The van der Waals surface area contributed by atoms with Gasteiger partial charge < -0.3 is 0 Å². The molecule has 0 N–H and O–H groups in total. The van der Waals surface area contributed by atoms with Crippen LogP contribution in [0.2, 0.25) is 0 Å². The van der Waals surface area contributed by atoms with Crippen molar-refractivity contribution >= 4 is 17.7 Å². The Labute approximate surface area is 54.7 Å². The van der Waals surface area contributed by atoms with E-state index in [1.165, 1.54) is 18.6 Å². The molecule has 0 bridgehead atoms. The van der Waals surface area contributed by atoms with E-state index in [4.69, 9.17) is 0 Å². The van der Waals surface area contributed by atoms with E-state index in [1.807, 2.05) is 0 Å². The predicted octanol–water partition coefficient (Wildman–Crippen LogP) is 2.28. The monoisotopic (exact) mass is 129 g/mol. The molecule has 0 saturated carbocycles. The second-order valence-corrected chi connectivity index (χ2v) is 3.23. The molecule has 0 aliphatic carbocycles. The maximum Gasteiger partial charge on any atom is 0.0316 e. The van der Waals surface area contributed by atoms with Crippen molar-refractivity contribution in [2.75, 3.05) is 0 Å². The fraction of sp³-hybridized carbons (Fsp3) is 0.833. The lowest BCUT2D eigenvalue weighted by Crippen LogP contribution is -1.97. The van der Waals surface area contributed by atoms with Gasteiger partial charge in [0.05, 0.1) is 0 Å². The van der Waals surface area contributed by atoms with E-state index >= 15 is 0 Å². The summed E-state index contributed by atoms with van der Waals surface area (Å²) in [4.78, 5) is 0. The molecule has 0 spiro atoms. The van der Waals surface area contributed by atoms with Crippen LogP contribution >= 0.6 is 11.9 Å². The number of nitrogens with zero attached hydrogens (tertiary/aromatic N) is 1. The Balaban J connectivity index is 2.32. The fourth-order valence-corrected chi connectivity index (χ4v) is 1.66. The standard InChI is InChI=1S/C6H11NS/c1-3-6-4-5(2)7-8-6/h6H,3-4H2,1-2H3. The van der Waals surface area contributed by atoms with Crippen LogP contribution in [0.15, 0.2) is 4.40 Å². The van der Waals surface area contributed by atoms with Gasteiger partial charge in [-0.05, 0) is 31.7 Å². The summed E-state index contributed by atoms with van der Waals surface area (Å²) >= 11 is 1.74. The third kappa shape index (κ3) is 1.25. The maximum atomic E-state index is 4.22. The molecule has 0 radical (unpaired) electrons. The van der Waals surface area contributed by atoms with Gasteiger partial charge in [0.25, 0.3) is 0 Å². The van der Waals surface area contributed by atoms with E-state index < -0.39 is 0 Å². The molecule has 1 atom stereocenters. The molecule has 1 unspecified atom stereocenters. The minimum Gasteiger partial charge on any atom is -0.226 e. The van der Waals surface area contributed by atoms with Gasteiger partial charge in [0, 0.05) is 11.0 Å². The average Bonchev–Trinajstić information content (AvgIpc) is 2.14. The lowest BCUT2D eigenvalue weighted by atomic mass is 10.2. The van der Waals surface area contributed by atoms with Crippen molar-refractivity contribution < 1.29 is 0 Å². The van der Waals surface area contributed by atoms with Gasteiger partial charge in [-0.1, -0.05) is 6.92 Å². The van der Waals surface area contributed by atoms with Crippen LogP contribution in [-0.2, 0) is 0 Å². The lowest BCUT2D eigenvalue weighted by molar-refractivity contribution is 0.868. The molecule has 0 fully saturated rings. The van der Waals surface area contributed by atoms with Crippen LogP contribution in [0.25, 0.3) is 0 Å². The molecule has 0 aromatic heterocycles. The molecule has 1 heterocycles. The first kappa shape index (κ1) is 6.14. The number of rotatable bonds is 1. The zero-order chi connectivity index (χ0) is 5.98. The summed E-state index contributed by atoms with van der Waals surface area (Å²) < 4.78 is 4.22. The third-order valence-corrected chi connectivity index (χ3v) is 2.55. The van der Waals surface area contributed by atoms with Gasteiger partial charge in [-0.25, -0.2) is 4.40 Å². The van der Waals surface area contributed by atoms with Crippen molar-refractivity contribution in [3.63, 3.8) is 0 Å². The average molecular weight is 129 g/mol. The van der Waals surface area contributed by atoms with Crippen LogP contribution in [0.4, 0.5) is 0 Å². The Morgan fingerprint density at radius 3 is 2.88 bits per heavy atom. The maximum absolute atomic E-state index is 4.22. The Morgan fingerprint density at radius 1 is 1.88 bits per heavy atom. The van der Waals surface area contributed by atoms with E-state index in [0.29, 0.717) is 0 Å². The molecule has 1 rings (SSSR count).